The van der Waals surface area contributed by atoms with Crippen molar-refractivity contribution in [3.8, 4) is 11.5 Å². The Bertz CT molecular complexity index is 335. The molecule has 96 valence electrons. The molecule has 0 fully saturated rings. The molecule has 1 aromatic carbocycles. The lowest BCUT2D eigenvalue weighted by molar-refractivity contribution is 0.404. The molecule has 3 nitrogen and oxygen atoms in total. The van der Waals surface area contributed by atoms with E-state index >= 15 is 0 Å². The van der Waals surface area contributed by atoms with Gasteiger partial charge >= 0.3 is 0 Å². The number of methoxy groups -OCH3 is 2. The number of ether oxygens (including phenoxy) is 2. The predicted molar refractivity (Wildman–Crippen MR) is 72.1 cm³/mol. The number of nitrogens with one attached hydrogen (secondary N) is 1. The molecule has 1 N–H and O–H groups in total. The van der Waals surface area contributed by atoms with Gasteiger partial charge in [0.1, 0.15) is 11.5 Å². The Morgan fingerprint density at radius 3 is 2.35 bits per heavy atom. The first kappa shape index (κ1) is 13.7. The summed E-state index contributed by atoms with van der Waals surface area (Å²) in [6.45, 7) is 5.41. The predicted octanol–water partition coefficient (Wildman–Crippen LogP) is 3.55. The number of hydrogen-bond donors (Lipinski definition) is 1. The Balaban J connectivity index is 2.73. The van der Waals surface area contributed by atoms with Gasteiger partial charge in [0.15, 0.2) is 0 Å². The van der Waals surface area contributed by atoms with Crippen LogP contribution in [-0.2, 0) is 0 Å². The summed E-state index contributed by atoms with van der Waals surface area (Å²) in [6, 6.07) is 5.80. The summed E-state index contributed by atoms with van der Waals surface area (Å²) in [4.78, 5) is 0. The minimum Gasteiger partial charge on any atom is -0.497 e. The van der Waals surface area contributed by atoms with Crippen molar-refractivity contribution in [2.75, 3.05) is 26.1 Å². The van der Waals surface area contributed by atoms with Crippen LogP contribution in [0.3, 0.4) is 0 Å². The maximum Gasteiger partial charge on any atom is 0.142 e. The second-order valence-electron chi connectivity index (χ2n) is 4.13. The highest BCUT2D eigenvalue weighted by atomic mass is 16.5. The van der Waals surface area contributed by atoms with Crippen molar-refractivity contribution in [1.82, 2.24) is 0 Å². The van der Waals surface area contributed by atoms with Gasteiger partial charge in [0.05, 0.1) is 19.9 Å². The van der Waals surface area contributed by atoms with E-state index in [2.05, 4.69) is 19.2 Å². The van der Waals surface area contributed by atoms with E-state index in [1.807, 2.05) is 18.2 Å². The van der Waals surface area contributed by atoms with E-state index in [4.69, 9.17) is 9.47 Å². The summed E-state index contributed by atoms with van der Waals surface area (Å²) in [7, 11) is 3.36. The average Bonchev–Trinajstić information content (AvgIpc) is 2.39. The third-order valence-electron chi connectivity index (χ3n) is 3.14. The zero-order valence-electron chi connectivity index (χ0n) is 11.2. The summed E-state index contributed by atoms with van der Waals surface area (Å²) in [5.74, 6) is 2.40. The summed E-state index contributed by atoms with van der Waals surface area (Å²) >= 11 is 0. The maximum atomic E-state index is 5.33. The number of anilines is 1. The Hall–Kier alpha value is -1.38. The van der Waals surface area contributed by atoms with E-state index < -0.39 is 0 Å². The fourth-order valence-corrected chi connectivity index (χ4v) is 1.78. The van der Waals surface area contributed by atoms with Gasteiger partial charge in [-0.25, -0.2) is 0 Å². The molecule has 1 rings (SSSR count). The molecule has 0 aromatic heterocycles. The Labute approximate surface area is 104 Å². The van der Waals surface area contributed by atoms with Gasteiger partial charge in [0, 0.05) is 12.6 Å². The van der Waals surface area contributed by atoms with Crippen LogP contribution >= 0.6 is 0 Å². The van der Waals surface area contributed by atoms with Crippen LogP contribution in [0.25, 0.3) is 0 Å². The van der Waals surface area contributed by atoms with Crippen LogP contribution < -0.4 is 14.8 Å². The van der Waals surface area contributed by atoms with Crippen molar-refractivity contribution in [3.05, 3.63) is 18.2 Å². The Morgan fingerprint density at radius 2 is 1.82 bits per heavy atom. The van der Waals surface area contributed by atoms with Crippen LogP contribution in [0, 0.1) is 5.92 Å². The minimum atomic E-state index is 0.700. The molecule has 0 amide bonds. The molecule has 0 saturated heterocycles. The third kappa shape index (κ3) is 3.84. The molecular formula is C14H23NO2. The van der Waals surface area contributed by atoms with Crippen molar-refractivity contribution in [3.63, 3.8) is 0 Å². The molecular weight excluding hydrogens is 214 g/mol. The lowest BCUT2D eigenvalue weighted by atomic mass is 10.0. The summed E-state index contributed by atoms with van der Waals surface area (Å²) in [5, 5.41) is 3.44. The monoisotopic (exact) mass is 237 g/mol. The normalized spacial score (nSPS) is 10.4. The second-order valence-corrected chi connectivity index (χ2v) is 4.13. The molecule has 0 aliphatic carbocycles. The van der Waals surface area contributed by atoms with Crippen LogP contribution in [-0.4, -0.2) is 20.8 Å². The largest absolute Gasteiger partial charge is 0.497 e. The zero-order chi connectivity index (χ0) is 12.7. The highest BCUT2D eigenvalue weighted by Crippen LogP contribution is 2.29. The highest BCUT2D eigenvalue weighted by molar-refractivity contribution is 5.59. The van der Waals surface area contributed by atoms with E-state index in [1.165, 1.54) is 12.8 Å². The number of benzene rings is 1. The number of rotatable bonds is 7. The lowest BCUT2D eigenvalue weighted by Crippen LogP contribution is -2.13. The third-order valence-corrected chi connectivity index (χ3v) is 3.14. The standard InChI is InChI=1S/C14H23NO2/c1-5-11(6-2)10-15-13-9-12(16-3)7-8-14(13)17-4/h7-9,11,15H,5-6,10H2,1-4H3. The molecule has 0 atom stereocenters. The Kier molecular flexibility index (Phi) is 5.67. The first-order valence-corrected chi connectivity index (χ1v) is 6.21. The molecule has 0 aliphatic heterocycles. The smallest absolute Gasteiger partial charge is 0.142 e. The summed E-state index contributed by atoms with van der Waals surface area (Å²) in [6.07, 6.45) is 2.38. The van der Waals surface area contributed by atoms with E-state index in [0.29, 0.717) is 5.92 Å². The van der Waals surface area contributed by atoms with Gasteiger partial charge in [-0.15, -0.1) is 0 Å². The van der Waals surface area contributed by atoms with Crippen LogP contribution in [0.4, 0.5) is 5.69 Å². The number of hydrogen-bond acceptors (Lipinski definition) is 3. The second kappa shape index (κ2) is 7.05. The Morgan fingerprint density at radius 1 is 1.12 bits per heavy atom. The average molecular weight is 237 g/mol. The van der Waals surface area contributed by atoms with E-state index in [9.17, 15) is 0 Å². The molecule has 1 aromatic rings. The van der Waals surface area contributed by atoms with Gasteiger partial charge < -0.3 is 14.8 Å². The highest BCUT2D eigenvalue weighted by Gasteiger charge is 2.07. The lowest BCUT2D eigenvalue weighted by Gasteiger charge is -2.17. The molecule has 0 heterocycles. The first-order valence-electron chi connectivity index (χ1n) is 6.21. The molecule has 0 aliphatic rings. The fourth-order valence-electron chi connectivity index (χ4n) is 1.78. The van der Waals surface area contributed by atoms with Crippen LogP contribution in [0.15, 0.2) is 18.2 Å². The van der Waals surface area contributed by atoms with Crippen LogP contribution in [0.1, 0.15) is 26.7 Å². The van der Waals surface area contributed by atoms with E-state index in [0.717, 1.165) is 23.7 Å². The van der Waals surface area contributed by atoms with Gasteiger partial charge in [-0.05, 0) is 18.1 Å². The molecule has 3 heteroatoms. The molecule has 0 unspecified atom stereocenters. The molecule has 0 saturated carbocycles. The van der Waals surface area contributed by atoms with Gasteiger partial charge in [-0.2, -0.15) is 0 Å². The van der Waals surface area contributed by atoms with Crippen molar-refractivity contribution in [2.45, 2.75) is 26.7 Å². The molecule has 0 spiro atoms. The summed E-state index contributed by atoms with van der Waals surface area (Å²) < 4.78 is 10.5. The van der Waals surface area contributed by atoms with Crippen LogP contribution in [0.2, 0.25) is 0 Å². The SMILES string of the molecule is CCC(CC)CNc1cc(OC)ccc1OC. The zero-order valence-corrected chi connectivity index (χ0v) is 11.2. The van der Waals surface area contributed by atoms with Crippen molar-refractivity contribution >= 4 is 5.69 Å². The maximum absolute atomic E-state index is 5.33. The van der Waals surface area contributed by atoms with Crippen molar-refractivity contribution in [2.24, 2.45) is 5.92 Å². The van der Waals surface area contributed by atoms with Gasteiger partial charge in [-0.3, -0.25) is 0 Å². The van der Waals surface area contributed by atoms with Crippen molar-refractivity contribution < 1.29 is 9.47 Å². The minimum absolute atomic E-state index is 0.700. The van der Waals surface area contributed by atoms with E-state index in [1.54, 1.807) is 14.2 Å². The molecule has 0 bridgehead atoms. The molecule has 17 heavy (non-hydrogen) atoms. The van der Waals surface area contributed by atoms with Gasteiger partial charge in [0.2, 0.25) is 0 Å². The first-order chi connectivity index (χ1) is 8.24. The quantitative estimate of drug-likeness (QED) is 0.786. The van der Waals surface area contributed by atoms with Crippen molar-refractivity contribution in [1.29, 1.82) is 0 Å². The van der Waals surface area contributed by atoms with Gasteiger partial charge in [-0.1, -0.05) is 26.7 Å². The topological polar surface area (TPSA) is 30.5 Å². The fraction of sp³-hybridized carbons (Fsp3) is 0.571. The summed E-state index contributed by atoms with van der Waals surface area (Å²) in [5.41, 5.74) is 0.999. The molecule has 0 radical (unpaired) electrons. The van der Waals surface area contributed by atoms with Gasteiger partial charge in [0.25, 0.3) is 0 Å². The van der Waals surface area contributed by atoms with E-state index in [-0.39, 0.29) is 0 Å². The van der Waals surface area contributed by atoms with Crippen LogP contribution in [0.5, 0.6) is 11.5 Å².